The molecule has 0 aliphatic carbocycles. The number of nitrogens with zero attached hydrogens (tertiary/aromatic N) is 1. The fourth-order valence-electron chi connectivity index (χ4n) is 2.45. The number of hydrogen-bond donors (Lipinski definition) is 1. The third-order valence-electron chi connectivity index (χ3n) is 3.32. The summed E-state index contributed by atoms with van der Waals surface area (Å²) in [6.45, 7) is 6.07. The zero-order chi connectivity index (χ0) is 12.8. The van der Waals surface area contributed by atoms with Crippen molar-refractivity contribution in [1.82, 2.24) is 4.90 Å². The van der Waals surface area contributed by atoms with Gasteiger partial charge in [-0.3, -0.25) is 4.90 Å². The van der Waals surface area contributed by atoms with Crippen LogP contribution in [0.25, 0.3) is 0 Å². The van der Waals surface area contributed by atoms with Crippen LogP contribution in [0, 0.1) is 0 Å². The van der Waals surface area contributed by atoms with E-state index >= 15 is 0 Å². The molecule has 0 bridgehead atoms. The topological polar surface area (TPSA) is 38.5 Å². The van der Waals surface area contributed by atoms with Gasteiger partial charge in [-0.1, -0.05) is 19.1 Å². The minimum Gasteiger partial charge on any atom is -0.494 e. The summed E-state index contributed by atoms with van der Waals surface area (Å²) in [6, 6.07) is 8.76. The summed E-state index contributed by atoms with van der Waals surface area (Å²) < 4.78 is 5.66. The van der Waals surface area contributed by atoms with Gasteiger partial charge in [0.15, 0.2) is 0 Å². The molecule has 1 fully saturated rings. The van der Waals surface area contributed by atoms with Gasteiger partial charge in [0.25, 0.3) is 0 Å². The van der Waals surface area contributed by atoms with Gasteiger partial charge >= 0.3 is 0 Å². The van der Waals surface area contributed by atoms with E-state index in [9.17, 15) is 0 Å². The summed E-state index contributed by atoms with van der Waals surface area (Å²) in [5.41, 5.74) is 7.33. The van der Waals surface area contributed by atoms with Gasteiger partial charge in [-0.25, -0.2) is 0 Å². The maximum Gasteiger partial charge on any atom is 0.119 e. The second kappa shape index (κ2) is 6.76. The van der Waals surface area contributed by atoms with E-state index in [4.69, 9.17) is 10.5 Å². The Bertz CT molecular complexity index is 367. The van der Waals surface area contributed by atoms with Crippen LogP contribution in [0.1, 0.15) is 31.7 Å². The van der Waals surface area contributed by atoms with E-state index in [0.29, 0.717) is 6.04 Å². The fourth-order valence-corrected chi connectivity index (χ4v) is 2.45. The van der Waals surface area contributed by atoms with Crippen molar-refractivity contribution in [3.8, 4) is 5.75 Å². The number of rotatable bonds is 5. The molecule has 1 aliphatic heterocycles. The predicted octanol–water partition coefficient (Wildman–Crippen LogP) is 2.40. The van der Waals surface area contributed by atoms with Crippen LogP contribution in [-0.4, -0.2) is 30.6 Å². The Morgan fingerprint density at radius 3 is 3.11 bits per heavy atom. The minimum absolute atomic E-state index is 0.346. The second-order valence-corrected chi connectivity index (χ2v) is 5.13. The molecule has 18 heavy (non-hydrogen) atoms. The molecule has 0 amide bonds. The second-order valence-electron chi connectivity index (χ2n) is 5.13. The number of piperidine rings is 1. The van der Waals surface area contributed by atoms with Gasteiger partial charge in [0.2, 0.25) is 0 Å². The molecule has 1 heterocycles. The minimum atomic E-state index is 0.346. The molecule has 0 spiro atoms. The van der Waals surface area contributed by atoms with Crippen LogP contribution in [0.3, 0.4) is 0 Å². The van der Waals surface area contributed by atoms with Crippen LogP contribution in [0.15, 0.2) is 24.3 Å². The normalized spacial score (nSPS) is 20.9. The molecule has 0 saturated carbocycles. The van der Waals surface area contributed by atoms with Crippen molar-refractivity contribution >= 4 is 0 Å². The van der Waals surface area contributed by atoms with E-state index in [1.165, 1.54) is 12.0 Å². The Labute approximate surface area is 110 Å². The van der Waals surface area contributed by atoms with Crippen molar-refractivity contribution in [3.05, 3.63) is 29.8 Å². The quantitative estimate of drug-likeness (QED) is 0.869. The summed E-state index contributed by atoms with van der Waals surface area (Å²) in [7, 11) is 0. The van der Waals surface area contributed by atoms with Gasteiger partial charge in [-0.05, 0) is 43.5 Å². The van der Waals surface area contributed by atoms with E-state index in [2.05, 4.69) is 30.0 Å². The lowest BCUT2D eigenvalue weighted by Crippen LogP contribution is -2.42. The Balaban J connectivity index is 1.91. The maximum atomic E-state index is 6.01. The average Bonchev–Trinajstić information content (AvgIpc) is 2.37. The highest BCUT2D eigenvalue weighted by Gasteiger charge is 2.16. The van der Waals surface area contributed by atoms with E-state index in [1.54, 1.807) is 0 Å². The van der Waals surface area contributed by atoms with Gasteiger partial charge in [-0.15, -0.1) is 0 Å². The van der Waals surface area contributed by atoms with E-state index in [1.807, 2.05) is 6.07 Å². The molecular weight excluding hydrogens is 224 g/mol. The van der Waals surface area contributed by atoms with Crippen LogP contribution in [0.4, 0.5) is 0 Å². The van der Waals surface area contributed by atoms with Gasteiger partial charge in [-0.2, -0.15) is 0 Å². The highest BCUT2D eigenvalue weighted by atomic mass is 16.5. The molecule has 1 aliphatic rings. The van der Waals surface area contributed by atoms with Crippen molar-refractivity contribution in [3.63, 3.8) is 0 Å². The number of ether oxygens (including phenoxy) is 1. The Morgan fingerprint density at radius 2 is 2.33 bits per heavy atom. The van der Waals surface area contributed by atoms with Crippen molar-refractivity contribution in [2.75, 3.05) is 19.7 Å². The number of nitrogens with two attached hydrogens (primary N) is 1. The van der Waals surface area contributed by atoms with E-state index in [-0.39, 0.29) is 0 Å². The summed E-state index contributed by atoms with van der Waals surface area (Å²) in [6.07, 6.45) is 3.43. The molecule has 2 rings (SSSR count). The van der Waals surface area contributed by atoms with Crippen LogP contribution < -0.4 is 10.5 Å². The number of benzene rings is 1. The lowest BCUT2D eigenvalue weighted by Gasteiger charge is -2.30. The largest absolute Gasteiger partial charge is 0.494 e. The summed E-state index contributed by atoms with van der Waals surface area (Å²) in [4.78, 5) is 2.44. The number of hydrogen-bond acceptors (Lipinski definition) is 3. The lowest BCUT2D eigenvalue weighted by molar-refractivity contribution is 0.201. The molecule has 1 unspecified atom stereocenters. The molecule has 3 heteroatoms. The first-order chi connectivity index (χ1) is 8.78. The van der Waals surface area contributed by atoms with Crippen molar-refractivity contribution < 1.29 is 4.74 Å². The summed E-state index contributed by atoms with van der Waals surface area (Å²) in [5, 5.41) is 0. The van der Waals surface area contributed by atoms with E-state index in [0.717, 1.165) is 44.8 Å². The Hall–Kier alpha value is -1.06. The standard InChI is InChI=1S/C15H24N2O/c1-2-9-18-15-7-3-5-13(10-15)11-17-8-4-6-14(16)12-17/h3,5,7,10,14H,2,4,6,8-9,11-12,16H2,1H3. The first-order valence-electron chi connectivity index (χ1n) is 6.97. The van der Waals surface area contributed by atoms with Gasteiger partial charge in [0.05, 0.1) is 6.61 Å². The third kappa shape index (κ3) is 4.00. The van der Waals surface area contributed by atoms with Gasteiger partial charge in [0, 0.05) is 19.1 Å². The SMILES string of the molecule is CCCOc1cccc(CN2CCCC(N)C2)c1. The Kier molecular flexibility index (Phi) is 5.02. The maximum absolute atomic E-state index is 6.01. The smallest absolute Gasteiger partial charge is 0.119 e. The highest BCUT2D eigenvalue weighted by molar-refractivity contribution is 5.28. The van der Waals surface area contributed by atoms with Crippen LogP contribution in [0.2, 0.25) is 0 Å². The molecular formula is C15H24N2O. The van der Waals surface area contributed by atoms with Crippen LogP contribution >= 0.6 is 0 Å². The first kappa shape index (κ1) is 13.4. The van der Waals surface area contributed by atoms with Gasteiger partial charge < -0.3 is 10.5 Å². The molecule has 1 saturated heterocycles. The lowest BCUT2D eigenvalue weighted by atomic mass is 10.1. The molecule has 1 atom stereocenters. The van der Waals surface area contributed by atoms with Crippen molar-refractivity contribution in [2.24, 2.45) is 5.73 Å². The van der Waals surface area contributed by atoms with E-state index < -0.39 is 0 Å². The molecule has 0 radical (unpaired) electrons. The number of likely N-dealkylation sites (tertiary alicyclic amines) is 1. The zero-order valence-electron chi connectivity index (χ0n) is 11.3. The van der Waals surface area contributed by atoms with Crippen LogP contribution in [-0.2, 0) is 6.54 Å². The predicted molar refractivity (Wildman–Crippen MR) is 74.7 cm³/mol. The summed E-state index contributed by atoms with van der Waals surface area (Å²) in [5.74, 6) is 0.982. The fraction of sp³-hybridized carbons (Fsp3) is 0.600. The zero-order valence-corrected chi connectivity index (χ0v) is 11.3. The van der Waals surface area contributed by atoms with Gasteiger partial charge in [0.1, 0.15) is 5.75 Å². The summed E-state index contributed by atoms with van der Waals surface area (Å²) >= 11 is 0. The molecule has 2 N–H and O–H groups in total. The molecule has 3 nitrogen and oxygen atoms in total. The highest BCUT2D eigenvalue weighted by Crippen LogP contribution is 2.17. The third-order valence-corrected chi connectivity index (χ3v) is 3.32. The average molecular weight is 248 g/mol. The molecule has 1 aromatic rings. The monoisotopic (exact) mass is 248 g/mol. The molecule has 100 valence electrons. The molecule has 1 aromatic carbocycles. The first-order valence-corrected chi connectivity index (χ1v) is 6.97. The van der Waals surface area contributed by atoms with Crippen molar-refractivity contribution in [1.29, 1.82) is 0 Å². The molecule has 0 aromatic heterocycles. The Morgan fingerprint density at radius 1 is 1.44 bits per heavy atom. The van der Waals surface area contributed by atoms with Crippen molar-refractivity contribution in [2.45, 2.75) is 38.8 Å². The van der Waals surface area contributed by atoms with Crippen LogP contribution in [0.5, 0.6) is 5.75 Å².